The standard InChI is InChI=1S/C7H9ClN3S.C7H10N3S.2Ac/c8-6-5-10-7(12-6)11-3-1-9-2-4-11;1-4-10(5-2-8-1)7-9-3-6-11-7;;/h5H,1-4H2;3,6H,1-2,4-5H2;;/q2*-1;;. The predicted molar refractivity (Wildman–Crippen MR) is 99.9 cm³/mol. The van der Waals surface area contributed by atoms with Crippen molar-refractivity contribution in [2.75, 3.05) is 62.2 Å². The summed E-state index contributed by atoms with van der Waals surface area (Å²) in [5.41, 5.74) is 0. The Labute approximate surface area is 233 Å². The molecule has 25 heavy (non-hydrogen) atoms. The van der Waals surface area contributed by atoms with E-state index in [1.165, 1.54) is 11.3 Å². The van der Waals surface area contributed by atoms with Crippen LogP contribution in [0.15, 0.2) is 17.8 Å². The number of aromatic nitrogens is 2. The molecular weight excluding hydrogens is 806 g/mol. The molecule has 2 fully saturated rings. The number of piperazine rings is 2. The minimum atomic E-state index is 0. The van der Waals surface area contributed by atoms with Gasteiger partial charge in [-0.05, 0) is 0 Å². The quantitative estimate of drug-likeness (QED) is 0.467. The van der Waals surface area contributed by atoms with E-state index >= 15 is 0 Å². The zero-order chi connectivity index (χ0) is 15.9. The van der Waals surface area contributed by atoms with Crippen LogP contribution in [0.1, 0.15) is 0 Å². The van der Waals surface area contributed by atoms with E-state index in [4.69, 9.17) is 11.6 Å². The van der Waals surface area contributed by atoms with Crippen molar-refractivity contribution in [1.82, 2.24) is 9.97 Å². The Kier molecular flexibility index (Phi) is 14.0. The van der Waals surface area contributed by atoms with E-state index in [9.17, 15) is 0 Å². The number of halogens is 1. The largest absolute Gasteiger partial charge is 0.659 e. The molecule has 0 saturated carbocycles. The molecule has 0 aromatic carbocycles. The monoisotopic (exact) mass is 824 g/mol. The Hall–Kier alpha value is 1.95. The van der Waals surface area contributed by atoms with Gasteiger partial charge in [0.2, 0.25) is 0 Å². The normalized spacial score (nSPS) is 17.0. The van der Waals surface area contributed by atoms with Crippen molar-refractivity contribution in [3.63, 3.8) is 0 Å². The molecule has 0 amide bonds. The molecule has 2 saturated heterocycles. The Morgan fingerprint density at radius 1 is 0.880 bits per heavy atom. The third-order valence-electron chi connectivity index (χ3n) is 3.54. The number of nitrogens with zero attached hydrogens (tertiary/aromatic N) is 6. The molecule has 2 aromatic rings. The summed E-state index contributed by atoms with van der Waals surface area (Å²) in [4.78, 5) is 13.0. The Balaban J connectivity index is 0.000000232. The fourth-order valence-corrected chi connectivity index (χ4v) is 4.01. The summed E-state index contributed by atoms with van der Waals surface area (Å²) in [6.45, 7) is 7.77. The molecule has 4 heterocycles. The SMILES string of the molecule is Clc1cnc(N2CC[N-]CC2)s1.[Ac].[Ac].c1csc(N2CC[N-]CC2)n1. The molecule has 0 unspecified atom stereocenters. The van der Waals surface area contributed by atoms with E-state index in [0.717, 1.165) is 67.0 Å². The number of rotatable bonds is 2. The van der Waals surface area contributed by atoms with Crippen LogP contribution in [0, 0.1) is 88.1 Å². The van der Waals surface area contributed by atoms with Gasteiger partial charge in [0.25, 0.3) is 0 Å². The summed E-state index contributed by atoms with van der Waals surface area (Å²) in [6, 6.07) is 0. The molecule has 6 nitrogen and oxygen atoms in total. The smallest absolute Gasteiger partial charge is 0.186 e. The number of hydrogen-bond acceptors (Lipinski definition) is 6. The van der Waals surface area contributed by atoms with Gasteiger partial charge < -0.3 is 20.4 Å². The molecule has 2 aliphatic heterocycles. The van der Waals surface area contributed by atoms with Crippen molar-refractivity contribution in [3.05, 3.63) is 32.7 Å². The molecule has 11 heteroatoms. The van der Waals surface area contributed by atoms with Gasteiger partial charge in [0, 0.05) is 126 Å². The minimum Gasteiger partial charge on any atom is -0.659 e. The van der Waals surface area contributed by atoms with Crippen molar-refractivity contribution < 1.29 is 88.1 Å². The Morgan fingerprint density at radius 2 is 1.44 bits per heavy atom. The molecule has 0 N–H and O–H groups in total. The van der Waals surface area contributed by atoms with Gasteiger partial charge >= 0.3 is 0 Å². The van der Waals surface area contributed by atoms with Crippen LogP contribution in [0.3, 0.4) is 0 Å². The van der Waals surface area contributed by atoms with E-state index in [2.05, 4.69) is 30.4 Å². The molecule has 0 bridgehead atoms. The van der Waals surface area contributed by atoms with Gasteiger partial charge in [-0.1, -0.05) is 22.9 Å². The summed E-state index contributed by atoms with van der Waals surface area (Å²) < 4.78 is 0.757. The summed E-state index contributed by atoms with van der Waals surface area (Å²) >= 11 is 9.02. The predicted octanol–water partition coefficient (Wildman–Crippen LogP) is 3.33. The van der Waals surface area contributed by atoms with Gasteiger partial charge in [-0.25, -0.2) is 9.97 Å². The molecule has 2 aromatic heterocycles. The maximum atomic E-state index is 5.79. The van der Waals surface area contributed by atoms with Crippen LogP contribution >= 0.6 is 34.3 Å². The van der Waals surface area contributed by atoms with Gasteiger partial charge in [0.1, 0.15) is 4.34 Å². The Morgan fingerprint density at radius 3 is 1.88 bits per heavy atom. The fourth-order valence-electron chi connectivity index (χ4n) is 2.36. The molecule has 132 valence electrons. The van der Waals surface area contributed by atoms with E-state index in [-0.39, 0.29) is 88.1 Å². The van der Waals surface area contributed by atoms with Gasteiger partial charge in [0.15, 0.2) is 10.3 Å². The molecule has 4 rings (SSSR count). The Bertz CT molecular complexity index is 574. The van der Waals surface area contributed by atoms with Crippen LogP contribution in [0.25, 0.3) is 10.6 Å². The van der Waals surface area contributed by atoms with E-state index in [1.54, 1.807) is 17.5 Å². The van der Waals surface area contributed by atoms with E-state index in [0.29, 0.717) is 0 Å². The maximum Gasteiger partial charge on any atom is 0.186 e. The van der Waals surface area contributed by atoms with Gasteiger partial charge in [-0.2, -0.15) is 0 Å². The molecular formula is C14H19Ac2ClN6S2-2. The van der Waals surface area contributed by atoms with Crippen LogP contribution in [0.5, 0.6) is 0 Å². The second-order valence-corrected chi connectivity index (χ2v) is 7.59. The first-order chi connectivity index (χ1) is 11.3. The van der Waals surface area contributed by atoms with Crippen molar-refractivity contribution in [3.8, 4) is 0 Å². The topological polar surface area (TPSA) is 60.5 Å². The van der Waals surface area contributed by atoms with Crippen LogP contribution < -0.4 is 9.80 Å². The third-order valence-corrected chi connectivity index (χ3v) is 5.55. The average molecular weight is 825 g/mol. The third kappa shape index (κ3) is 8.46. The van der Waals surface area contributed by atoms with E-state index < -0.39 is 0 Å². The first kappa shape index (κ1) is 25.0. The zero-order valence-corrected chi connectivity index (χ0v) is 25.8. The van der Waals surface area contributed by atoms with Crippen LogP contribution in [0.2, 0.25) is 4.34 Å². The summed E-state index contributed by atoms with van der Waals surface area (Å²) in [6.07, 6.45) is 3.55. The average Bonchev–Trinajstić information content (AvgIpc) is 3.29. The minimum absolute atomic E-state index is 0. The molecule has 0 aliphatic carbocycles. The van der Waals surface area contributed by atoms with Crippen LogP contribution in [0.4, 0.5) is 10.3 Å². The number of hydrogen-bond donors (Lipinski definition) is 0. The molecule has 2 aliphatic rings. The van der Waals surface area contributed by atoms with Crippen molar-refractivity contribution in [2.24, 2.45) is 0 Å². The molecule has 2 radical (unpaired) electrons. The van der Waals surface area contributed by atoms with Gasteiger partial charge in [-0.15, -0.1) is 37.5 Å². The van der Waals surface area contributed by atoms with Crippen molar-refractivity contribution in [1.29, 1.82) is 0 Å². The van der Waals surface area contributed by atoms with Crippen LogP contribution in [-0.4, -0.2) is 62.3 Å². The second kappa shape index (κ2) is 14.0. The molecule has 0 spiro atoms. The molecule has 0 atom stereocenters. The fraction of sp³-hybridized carbons (Fsp3) is 0.571. The van der Waals surface area contributed by atoms with Crippen LogP contribution in [-0.2, 0) is 0 Å². The summed E-state index contributed by atoms with van der Waals surface area (Å²) in [7, 11) is 0. The van der Waals surface area contributed by atoms with Crippen molar-refractivity contribution >= 4 is 44.5 Å². The van der Waals surface area contributed by atoms with E-state index in [1.807, 2.05) is 11.6 Å². The van der Waals surface area contributed by atoms with Gasteiger partial charge in [0.05, 0.1) is 6.20 Å². The summed E-state index contributed by atoms with van der Waals surface area (Å²) in [5, 5.41) is 12.7. The van der Waals surface area contributed by atoms with Crippen molar-refractivity contribution in [2.45, 2.75) is 0 Å². The second-order valence-electron chi connectivity index (χ2n) is 5.08. The first-order valence-electron chi connectivity index (χ1n) is 7.60. The summed E-state index contributed by atoms with van der Waals surface area (Å²) in [5.74, 6) is 0. The van der Waals surface area contributed by atoms with Gasteiger partial charge in [-0.3, -0.25) is 0 Å². The first-order valence-corrected chi connectivity index (χ1v) is 9.67. The zero-order valence-electron chi connectivity index (χ0n) is 13.9. The maximum absolute atomic E-state index is 5.79. The number of thiazole rings is 2. The number of anilines is 2.